The van der Waals surface area contributed by atoms with Crippen LogP contribution >= 0.6 is 0 Å². The molecular formula is C26H44O3. The average molecular weight is 405 g/mol. The summed E-state index contributed by atoms with van der Waals surface area (Å²) in [6.07, 6.45) is 11.4. The van der Waals surface area contributed by atoms with Gasteiger partial charge in [0, 0.05) is 18.3 Å². The summed E-state index contributed by atoms with van der Waals surface area (Å²) in [5, 5.41) is 9.22. The van der Waals surface area contributed by atoms with Crippen molar-refractivity contribution >= 4 is 11.8 Å². The molecule has 0 heterocycles. The Balaban J connectivity index is 1.73. The van der Waals surface area contributed by atoms with Crippen molar-refractivity contribution in [2.75, 3.05) is 0 Å². The fraction of sp³-hybridized carbons (Fsp3) is 0.923. The van der Waals surface area contributed by atoms with E-state index >= 15 is 0 Å². The Hall–Kier alpha value is -0.860. The van der Waals surface area contributed by atoms with Gasteiger partial charge in [-0.15, -0.1) is 0 Å². The number of ketones is 1. The number of carboxylic acids is 1. The number of carbonyl (C=O) groups excluding carboxylic acids is 1. The monoisotopic (exact) mass is 404 g/mol. The number of carbonyl (C=O) groups is 2. The highest BCUT2D eigenvalue weighted by Crippen LogP contribution is 2.65. The van der Waals surface area contributed by atoms with E-state index in [9.17, 15) is 14.7 Å². The van der Waals surface area contributed by atoms with Crippen LogP contribution in [0.1, 0.15) is 105 Å². The molecule has 3 aliphatic carbocycles. The Morgan fingerprint density at radius 3 is 2.45 bits per heavy atom. The zero-order valence-corrected chi connectivity index (χ0v) is 19.5. The van der Waals surface area contributed by atoms with Gasteiger partial charge in [0.15, 0.2) is 0 Å². The molecule has 1 N–H and O–H groups in total. The fourth-order valence-electron chi connectivity index (χ4n) is 7.99. The maximum absolute atomic E-state index is 12.9. The predicted molar refractivity (Wildman–Crippen MR) is 118 cm³/mol. The molecule has 3 rings (SSSR count). The minimum absolute atomic E-state index is 0.128. The molecule has 166 valence electrons. The van der Waals surface area contributed by atoms with E-state index in [4.69, 9.17) is 0 Å². The van der Waals surface area contributed by atoms with Crippen LogP contribution in [0.25, 0.3) is 0 Å². The standard InChI is InChI=1S/C26H44O3/c1-17(2)7-6-8-18(3)20-10-11-21-19-9-12-23(27)26(5,16-14-24(28)29)22(19)13-15-25(20,21)4/h17-22H,6-16H2,1-5H3,(H,28,29)/t18-,19+,20+,21-,22+,25+,26-/m0/s1. The fourth-order valence-corrected chi connectivity index (χ4v) is 7.99. The lowest BCUT2D eigenvalue weighted by Gasteiger charge is -2.56. The summed E-state index contributed by atoms with van der Waals surface area (Å²) in [6, 6.07) is 0. The van der Waals surface area contributed by atoms with Crippen molar-refractivity contribution in [2.24, 2.45) is 46.3 Å². The molecule has 0 aromatic heterocycles. The van der Waals surface area contributed by atoms with Gasteiger partial charge in [-0.25, -0.2) is 0 Å². The number of rotatable bonds is 8. The normalized spacial score (nSPS) is 40.6. The molecule has 29 heavy (non-hydrogen) atoms. The molecule has 0 saturated heterocycles. The van der Waals surface area contributed by atoms with Crippen molar-refractivity contribution in [2.45, 2.75) is 105 Å². The van der Waals surface area contributed by atoms with E-state index in [1.165, 1.54) is 38.5 Å². The van der Waals surface area contributed by atoms with Crippen LogP contribution in [0, 0.1) is 46.3 Å². The Morgan fingerprint density at radius 1 is 1.07 bits per heavy atom. The molecule has 3 nitrogen and oxygen atoms in total. The van der Waals surface area contributed by atoms with Crippen LogP contribution in [-0.4, -0.2) is 16.9 Å². The van der Waals surface area contributed by atoms with Crippen LogP contribution < -0.4 is 0 Å². The minimum atomic E-state index is -0.766. The van der Waals surface area contributed by atoms with E-state index in [1.807, 2.05) is 0 Å². The summed E-state index contributed by atoms with van der Waals surface area (Å²) in [6.45, 7) is 11.8. The molecule has 0 unspecified atom stereocenters. The van der Waals surface area contributed by atoms with Crippen molar-refractivity contribution in [3.05, 3.63) is 0 Å². The third-order valence-electron chi connectivity index (χ3n) is 9.66. The van der Waals surface area contributed by atoms with Gasteiger partial charge < -0.3 is 5.11 Å². The molecule has 0 bridgehead atoms. The average Bonchev–Trinajstić information content (AvgIpc) is 3.00. The Kier molecular flexibility index (Phi) is 6.85. The lowest BCUT2D eigenvalue weighted by molar-refractivity contribution is -0.148. The van der Waals surface area contributed by atoms with Crippen molar-refractivity contribution in [1.29, 1.82) is 0 Å². The first kappa shape index (κ1) is 22.8. The first-order valence-electron chi connectivity index (χ1n) is 12.3. The Bertz CT molecular complexity index is 611. The number of fused-ring (bicyclic) bond motifs is 3. The minimum Gasteiger partial charge on any atom is -0.481 e. The summed E-state index contributed by atoms with van der Waals surface area (Å²) >= 11 is 0. The Morgan fingerprint density at radius 2 is 1.79 bits per heavy atom. The summed E-state index contributed by atoms with van der Waals surface area (Å²) in [7, 11) is 0. The first-order valence-corrected chi connectivity index (χ1v) is 12.3. The smallest absolute Gasteiger partial charge is 0.303 e. The maximum atomic E-state index is 12.9. The van der Waals surface area contributed by atoms with Crippen LogP contribution in [-0.2, 0) is 9.59 Å². The van der Waals surface area contributed by atoms with Crippen molar-refractivity contribution in [3.63, 3.8) is 0 Å². The van der Waals surface area contributed by atoms with Gasteiger partial charge in [0.2, 0.25) is 0 Å². The van der Waals surface area contributed by atoms with Crippen molar-refractivity contribution in [3.8, 4) is 0 Å². The second kappa shape index (κ2) is 8.71. The molecule has 3 fully saturated rings. The summed E-state index contributed by atoms with van der Waals surface area (Å²) < 4.78 is 0. The summed E-state index contributed by atoms with van der Waals surface area (Å²) in [4.78, 5) is 24.1. The lowest BCUT2D eigenvalue weighted by Crippen LogP contribution is -2.52. The highest BCUT2D eigenvalue weighted by Gasteiger charge is 2.59. The Labute approximate surface area is 178 Å². The van der Waals surface area contributed by atoms with Gasteiger partial charge in [-0.1, -0.05) is 53.9 Å². The van der Waals surface area contributed by atoms with Crippen LogP contribution in [0.2, 0.25) is 0 Å². The van der Waals surface area contributed by atoms with E-state index in [1.54, 1.807) is 0 Å². The summed E-state index contributed by atoms with van der Waals surface area (Å²) in [5.74, 6) is 3.74. The molecule has 3 heteroatoms. The summed E-state index contributed by atoms with van der Waals surface area (Å²) in [5.41, 5.74) is 0.0100. The second-order valence-corrected chi connectivity index (χ2v) is 11.7. The second-order valence-electron chi connectivity index (χ2n) is 11.7. The van der Waals surface area contributed by atoms with Crippen LogP contribution in [0.4, 0.5) is 0 Å². The lowest BCUT2D eigenvalue weighted by atomic mass is 9.48. The third kappa shape index (κ3) is 4.30. The third-order valence-corrected chi connectivity index (χ3v) is 9.66. The van der Waals surface area contributed by atoms with E-state index in [2.05, 4.69) is 34.6 Å². The highest BCUT2D eigenvalue weighted by atomic mass is 16.4. The maximum Gasteiger partial charge on any atom is 0.303 e. The number of hydrogen-bond donors (Lipinski definition) is 1. The van der Waals surface area contributed by atoms with Gasteiger partial charge in [0.1, 0.15) is 5.78 Å². The SMILES string of the molecule is CC(C)CCC[C@H](C)[C@H]1CC[C@H]2[C@H]3CCC(=O)[C@@](C)(CCC(=O)O)[C@@H]3CC[C@]12C. The number of carboxylic acid groups (broad SMARTS) is 1. The number of aliphatic carboxylic acids is 1. The molecular weight excluding hydrogens is 360 g/mol. The van der Waals surface area contributed by atoms with Gasteiger partial charge in [-0.05, 0) is 79.4 Å². The number of hydrogen-bond acceptors (Lipinski definition) is 2. The van der Waals surface area contributed by atoms with Gasteiger partial charge in [-0.2, -0.15) is 0 Å². The zero-order chi connectivity index (χ0) is 21.4. The van der Waals surface area contributed by atoms with E-state index in [0.29, 0.717) is 35.9 Å². The van der Waals surface area contributed by atoms with Gasteiger partial charge in [0.25, 0.3) is 0 Å². The first-order chi connectivity index (χ1) is 13.6. The van der Waals surface area contributed by atoms with Crippen LogP contribution in [0.15, 0.2) is 0 Å². The molecule has 0 radical (unpaired) electrons. The van der Waals surface area contributed by atoms with Gasteiger partial charge in [-0.3, -0.25) is 9.59 Å². The van der Waals surface area contributed by atoms with Gasteiger partial charge in [0.05, 0.1) is 0 Å². The zero-order valence-electron chi connectivity index (χ0n) is 19.5. The predicted octanol–water partition coefficient (Wildman–Crippen LogP) is 6.74. The molecule has 0 amide bonds. The van der Waals surface area contributed by atoms with E-state index < -0.39 is 11.4 Å². The van der Waals surface area contributed by atoms with Crippen molar-refractivity contribution in [1.82, 2.24) is 0 Å². The molecule has 3 aliphatic rings. The quantitative estimate of drug-likeness (QED) is 0.487. The molecule has 0 aromatic rings. The van der Waals surface area contributed by atoms with E-state index in [-0.39, 0.29) is 6.42 Å². The molecule has 3 saturated carbocycles. The van der Waals surface area contributed by atoms with Gasteiger partial charge >= 0.3 is 5.97 Å². The molecule has 7 atom stereocenters. The topological polar surface area (TPSA) is 54.4 Å². The molecule has 0 aromatic carbocycles. The largest absolute Gasteiger partial charge is 0.481 e. The molecule has 0 aliphatic heterocycles. The number of Topliss-reactive ketones (excluding diaryl/α,β-unsaturated/α-hetero) is 1. The van der Waals surface area contributed by atoms with Crippen molar-refractivity contribution < 1.29 is 14.7 Å². The van der Waals surface area contributed by atoms with E-state index in [0.717, 1.165) is 36.5 Å². The highest BCUT2D eigenvalue weighted by molar-refractivity contribution is 5.86. The van der Waals surface area contributed by atoms with Crippen LogP contribution in [0.3, 0.4) is 0 Å². The molecule has 0 spiro atoms. The van der Waals surface area contributed by atoms with Crippen LogP contribution in [0.5, 0.6) is 0 Å².